The van der Waals surface area contributed by atoms with Gasteiger partial charge in [-0.05, 0) is 25.1 Å². The number of aromatic nitrogens is 2. The summed E-state index contributed by atoms with van der Waals surface area (Å²) in [5.74, 6) is -0.114. The lowest BCUT2D eigenvalue weighted by Crippen LogP contribution is -2.33. The van der Waals surface area contributed by atoms with E-state index in [0.717, 1.165) is 0 Å². The number of carbonyl (C=O) groups excluding carboxylic acids is 1. The second-order valence-corrected chi connectivity index (χ2v) is 6.69. The number of carbonyl (C=O) groups is 1. The molecule has 144 valence electrons. The maximum absolute atomic E-state index is 12.2. The van der Waals surface area contributed by atoms with E-state index in [4.69, 9.17) is 32.7 Å². The van der Waals surface area contributed by atoms with Crippen LogP contribution in [0.1, 0.15) is 17.3 Å². The normalized spacial score (nSPS) is 19.0. The Labute approximate surface area is 165 Å². The van der Waals surface area contributed by atoms with Crippen LogP contribution >= 0.6 is 23.2 Å². The number of nitrogens with one attached hydrogen (secondary N) is 2. The highest BCUT2D eigenvalue weighted by atomic mass is 35.5. The maximum Gasteiger partial charge on any atom is 0.343 e. The molecule has 1 aromatic carbocycles. The van der Waals surface area contributed by atoms with Crippen LogP contribution in [0.15, 0.2) is 24.4 Å². The summed E-state index contributed by atoms with van der Waals surface area (Å²) in [5.41, 5.74) is 0.747. The molecule has 1 aliphatic rings. The summed E-state index contributed by atoms with van der Waals surface area (Å²) in [7, 11) is 0. The van der Waals surface area contributed by atoms with E-state index in [-0.39, 0.29) is 30.5 Å². The molecule has 1 aliphatic heterocycles. The van der Waals surface area contributed by atoms with Crippen molar-refractivity contribution < 1.29 is 19.4 Å². The third kappa shape index (κ3) is 4.98. The van der Waals surface area contributed by atoms with Crippen molar-refractivity contribution in [1.82, 2.24) is 9.97 Å². The van der Waals surface area contributed by atoms with E-state index < -0.39 is 18.1 Å². The summed E-state index contributed by atoms with van der Waals surface area (Å²) in [6.45, 7) is 2.43. The molecule has 2 atom stereocenters. The third-order valence-electron chi connectivity index (χ3n) is 3.78. The van der Waals surface area contributed by atoms with Gasteiger partial charge >= 0.3 is 5.97 Å². The molecule has 1 aromatic heterocycles. The van der Waals surface area contributed by atoms with Crippen LogP contribution in [-0.4, -0.2) is 53.0 Å². The van der Waals surface area contributed by atoms with E-state index in [0.29, 0.717) is 22.3 Å². The zero-order valence-electron chi connectivity index (χ0n) is 14.4. The summed E-state index contributed by atoms with van der Waals surface area (Å²) >= 11 is 12.0. The van der Waals surface area contributed by atoms with Gasteiger partial charge in [0.15, 0.2) is 0 Å². The lowest BCUT2D eigenvalue weighted by atomic mass is 10.2. The Morgan fingerprint density at radius 1 is 1.33 bits per heavy atom. The van der Waals surface area contributed by atoms with Crippen LogP contribution in [0.25, 0.3) is 0 Å². The minimum atomic E-state index is -0.710. The summed E-state index contributed by atoms with van der Waals surface area (Å²) in [6.07, 6.45) is 0.641. The molecule has 1 saturated heterocycles. The number of benzene rings is 1. The molecule has 0 spiro atoms. The van der Waals surface area contributed by atoms with Crippen molar-refractivity contribution in [2.45, 2.75) is 19.1 Å². The van der Waals surface area contributed by atoms with Crippen molar-refractivity contribution in [2.24, 2.45) is 0 Å². The number of aliphatic hydroxyl groups excluding tert-OH is 1. The van der Waals surface area contributed by atoms with E-state index in [2.05, 4.69) is 20.6 Å². The van der Waals surface area contributed by atoms with Crippen molar-refractivity contribution in [3.05, 3.63) is 40.0 Å². The molecule has 0 amide bonds. The first-order chi connectivity index (χ1) is 13.0. The molecule has 8 nitrogen and oxygen atoms in total. The second-order valence-electron chi connectivity index (χ2n) is 5.82. The summed E-state index contributed by atoms with van der Waals surface area (Å²) in [5, 5.41) is 16.9. The van der Waals surface area contributed by atoms with E-state index in [9.17, 15) is 9.90 Å². The number of esters is 1. The molecule has 0 bridgehead atoms. The van der Waals surface area contributed by atoms with Crippen molar-refractivity contribution >= 4 is 46.6 Å². The smallest absolute Gasteiger partial charge is 0.343 e. The molecule has 0 saturated carbocycles. The number of hydrogen-bond donors (Lipinski definition) is 3. The van der Waals surface area contributed by atoms with Gasteiger partial charge in [-0.3, -0.25) is 0 Å². The van der Waals surface area contributed by atoms with Gasteiger partial charge in [-0.2, -0.15) is 4.98 Å². The molecular weight excluding hydrogens is 395 g/mol. The largest absolute Gasteiger partial charge is 0.462 e. The number of halogens is 2. The van der Waals surface area contributed by atoms with Gasteiger partial charge in [0.05, 0.1) is 32.0 Å². The van der Waals surface area contributed by atoms with E-state index in [1.54, 1.807) is 25.1 Å². The van der Waals surface area contributed by atoms with E-state index in [1.807, 2.05) is 0 Å². The predicted molar refractivity (Wildman–Crippen MR) is 102 cm³/mol. The number of aliphatic hydroxyl groups is 1. The monoisotopic (exact) mass is 412 g/mol. The van der Waals surface area contributed by atoms with Crippen molar-refractivity contribution in [1.29, 1.82) is 0 Å². The highest BCUT2D eigenvalue weighted by Gasteiger charge is 2.28. The molecule has 0 unspecified atom stereocenters. The third-order valence-corrected chi connectivity index (χ3v) is 4.21. The van der Waals surface area contributed by atoms with E-state index >= 15 is 0 Å². The molecular formula is C17H18Cl2N4O4. The average molecular weight is 413 g/mol. The molecule has 3 rings (SSSR count). The Bertz CT molecular complexity index is 816. The Morgan fingerprint density at radius 3 is 2.70 bits per heavy atom. The molecule has 2 heterocycles. The fourth-order valence-electron chi connectivity index (χ4n) is 2.52. The first kappa shape index (κ1) is 19.6. The van der Waals surface area contributed by atoms with Gasteiger partial charge in [0.25, 0.3) is 0 Å². The van der Waals surface area contributed by atoms with Gasteiger partial charge in [-0.25, -0.2) is 9.78 Å². The van der Waals surface area contributed by atoms with E-state index in [1.165, 1.54) is 6.20 Å². The van der Waals surface area contributed by atoms with Crippen LogP contribution in [-0.2, 0) is 9.47 Å². The Balaban J connectivity index is 1.89. The molecule has 0 aliphatic carbocycles. The fourth-order valence-corrected chi connectivity index (χ4v) is 3.05. The van der Waals surface area contributed by atoms with Gasteiger partial charge in [0.1, 0.15) is 11.4 Å². The van der Waals surface area contributed by atoms with Crippen LogP contribution in [0.5, 0.6) is 0 Å². The zero-order valence-corrected chi connectivity index (χ0v) is 15.9. The summed E-state index contributed by atoms with van der Waals surface area (Å²) in [4.78, 5) is 20.7. The SMILES string of the molecule is CCOC(=O)c1cnc(Nc2cc(Cl)cc(Cl)c2)nc1N[C@@H]1COC[C@H]1O. The van der Waals surface area contributed by atoms with Gasteiger partial charge in [-0.1, -0.05) is 23.2 Å². The first-order valence-corrected chi connectivity index (χ1v) is 9.01. The maximum atomic E-state index is 12.2. The quantitative estimate of drug-likeness (QED) is 0.621. The second kappa shape index (κ2) is 8.71. The number of hydrogen-bond acceptors (Lipinski definition) is 8. The minimum Gasteiger partial charge on any atom is -0.462 e. The van der Waals surface area contributed by atoms with Crippen LogP contribution in [0, 0.1) is 0 Å². The molecule has 2 aromatic rings. The Morgan fingerprint density at radius 2 is 2.07 bits per heavy atom. The van der Waals surface area contributed by atoms with Crippen molar-refractivity contribution in [2.75, 3.05) is 30.5 Å². The number of rotatable bonds is 6. The van der Waals surface area contributed by atoms with Crippen LogP contribution in [0.3, 0.4) is 0 Å². The fraction of sp³-hybridized carbons (Fsp3) is 0.353. The molecule has 0 radical (unpaired) electrons. The molecule has 27 heavy (non-hydrogen) atoms. The number of anilines is 3. The Kier molecular flexibility index (Phi) is 6.33. The number of nitrogens with zero attached hydrogens (tertiary/aromatic N) is 2. The topological polar surface area (TPSA) is 106 Å². The highest BCUT2D eigenvalue weighted by molar-refractivity contribution is 6.35. The minimum absolute atomic E-state index is 0.158. The van der Waals surface area contributed by atoms with Gasteiger partial charge in [0, 0.05) is 21.9 Å². The van der Waals surface area contributed by atoms with Crippen molar-refractivity contribution in [3.63, 3.8) is 0 Å². The van der Waals surface area contributed by atoms with Crippen molar-refractivity contribution in [3.8, 4) is 0 Å². The first-order valence-electron chi connectivity index (χ1n) is 8.26. The molecule has 1 fully saturated rings. The lowest BCUT2D eigenvalue weighted by Gasteiger charge is -2.18. The number of ether oxygens (including phenoxy) is 2. The molecule has 10 heteroatoms. The van der Waals surface area contributed by atoms with Gasteiger partial charge in [-0.15, -0.1) is 0 Å². The summed E-state index contributed by atoms with van der Waals surface area (Å²) in [6, 6.07) is 4.53. The molecule has 3 N–H and O–H groups in total. The Hall–Kier alpha value is -2.13. The van der Waals surface area contributed by atoms with Crippen LogP contribution < -0.4 is 10.6 Å². The zero-order chi connectivity index (χ0) is 19.4. The van der Waals surface area contributed by atoms with Crippen LogP contribution in [0.4, 0.5) is 17.5 Å². The van der Waals surface area contributed by atoms with Crippen LogP contribution in [0.2, 0.25) is 10.0 Å². The highest BCUT2D eigenvalue weighted by Crippen LogP contribution is 2.25. The predicted octanol–water partition coefficient (Wildman–Crippen LogP) is 2.88. The lowest BCUT2D eigenvalue weighted by molar-refractivity contribution is 0.0526. The average Bonchev–Trinajstić information content (AvgIpc) is 2.99. The van der Waals surface area contributed by atoms with Gasteiger partial charge < -0.3 is 25.2 Å². The van der Waals surface area contributed by atoms with Gasteiger partial charge in [0.2, 0.25) is 5.95 Å². The summed E-state index contributed by atoms with van der Waals surface area (Å²) < 4.78 is 10.3. The standard InChI is InChI=1S/C17H18Cl2N4O4/c1-2-27-16(25)12-6-20-17(21-11-4-9(18)3-10(19)5-11)23-15(12)22-13-7-26-8-14(13)24/h3-6,13-14,24H,2,7-8H2,1H3,(H2,20,21,22,23)/t13-,14-/m1/s1.